The fourth-order valence-electron chi connectivity index (χ4n) is 2.58. The fraction of sp³-hybridized carbons (Fsp3) is 0.316. The molecule has 25 heavy (non-hydrogen) atoms. The van der Waals surface area contributed by atoms with E-state index < -0.39 is 0 Å². The summed E-state index contributed by atoms with van der Waals surface area (Å²) in [5.41, 5.74) is 3.87. The maximum atomic E-state index is 12.7. The third kappa shape index (κ3) is 3.63. The van der Waals surface area contributed by atoms with Crippen LogP contribution in [-0.4, -0.2) is 25.9 Å². The van der Waals surface area contributed by atoms with E-state index in [-0.39, 0.29) is 11.4 Å². The molecule has 1 amide bonds. The second kappa shape index (κ2) is 6.55. The Labute approximate surface area is 147 Å². The first-order valence-corrected chi connectivity index (χ1v) is 8.38. The molecule has 0 aliphatic rings. The summed E-state index contributed by atoms with van der Waals surface area (Å²) in [7, 11) is 0. The van der Waals surface area contributed by atoms with E-state index in [0.29, 0.717) is 12.0 Å². The van der Waals surface area contributed by atoms with Crippen molar-refractivity contribution in [3.8, 4) is 11.3 Å². The molecule has 0 aliphatic carbocycles. The number of hydrogen-bond donors (Lipinski definition) is 2. The maximum Gasteiger partial charge on any atom is 0.259 e. The number of nitrogens with zero attached hydrogens (tertiary/aromatic N) is 3. The Morgan fingerprint density at radius 1 is 1.28 bits per heavy atom. The number of anilines is 1. The topological polar surface area (TPSA) is 75.6 Å². The Hall–Kier alpha value is -2.89. The summed E-state index contributed by atoms with van der Waals surface area (Å²) in [4.78, 5) is 12.7. The maximum absolute atomic E-state index is 12.7. The highest BCUT2D eigenvalue weighted by Gasteiger charge is 2.21. The lowest BCUT2D eigenvalue weighted by molar-refractivity contribution is 0.102. The third-order valence-electron chi connectivity index (χ3n) is 3.99. The first-order chi connectivity index (χ1) is 11.9. The largest absolute Gasteiger partial charge is 0.322 e. The lowest BCUT2D eigenvalue weighted by Gasteiger charge is -2.18. The highest BCUT2D eigenvalue weighted by molar-refractivity contribution is 6.05. The molecule has 1 aromatic carbocycles. The summed E-state index contributed by atoms with van der Waals surface area (Å²) < 4.78 is 1.85. The lowest BCUT2D eigenvalue weighted by Crippen LogP contribution is -2.22. The van der Waals surface area contributed by atoms with Crippen LogP contribution < -0.4 is 5.32 Å². The van der Waals surface area contributed by atoms with Crippen LogP contribution in [0.1, 0.15) is 43.7 Å². The summed E-state index contributed by atoms with van der Waals surface area (Å²) >= 11 is 0. The Balaban J connectivity index is 1.86. The molecule has 6 nitrogen and oxygen atoms in total. The van der Waals surface area contributed by atoms with Crippen LogP contribution in [0.25, 0.3) is 11.3 Å². The average Bonchev–Trinajstić information content (AvgIpc) is 3.24. The monoisotopic (exact) mass is 337 g/mol. The first-order valence-electron chi connectivity index (χ1n) is 8.38. The molecule has 0 radical (unpaired) electrons. The Bertz CT molecular complexity index is 872. The molecule has 130 valence electrons. The fourth-order valence-corrected chi connectivity index (χ4v) is 2.58. The Kier molecular flexibility index (Phi) is 4.44. The number of amides is 1. The summed E-state index contributed by atoms with van der Waals surface area (Å²) in [6.45, 7) is 8.20. The number of H-pyrrole nitrogens is 1. The van der Waals surface area contributed by atoms with Crippen molar-refractivity contribution in [2.75, 3.05) is 5.32 Å². The molecule has 0 fully saturated rings. The van der Waals surface area contributed by atoms with Gasteiger partial charge in [0.15, 0.2) is 0 Å². The van der Waals surface area contributed by atoms with E-state index in [4.69, 9.17) is 0 Å². The molecular weight excluding hydrogens is 314 g/mol. The Morgan fingerprint density at radius 2 is 2.08 bits per heavy atom. The molecule has 6 heteroatoms. The van der Waals surface area contributed by atoms with Crippen molar-refractivity contribution < 1.29 is 4.79 Å². The van der Waals surface area contributed by atoms with E-state index in [1.165, 1.54) is 0 Å². The number of carbonyl (C=O) groups is 1. The number of rotatable bonds is 4. The molecule has 0 unspecified atom stereocenters. The summed E-state index contributed by atoms with van der Waals surface area (Å²) in [5, 5.41) is 14.4. The number of aromatic nitrogens is 4. The predicted molar refractivity (Wildman–Crippen MR) is 98.6 cm³/mol. The quantitative estimate of drug-likeness (QED) is 0.759. The lowest BCUT2D eigenvalue weighted by atomic mass is 10.1. The number of hydrogen-bond acceptors (Lipinski definition) is 3. The van der Waals surface area contributed by atoms with Gasteiger partial charge in [-0.05, 0) is 45.4 Å². The van der Waals surface area contributed by atoms with Crippen molar-refractivity contribution in [2.24, 2.45) is 0 Å². The summed E-state index contributed by atoms with van der Waals surface area (Å²) in [6, 6.07) is 9.57. The number of aryl methyl sites for hydroxylation is 1. The van der Waals surface area contributed by atoms with Gasteiger partial charge in [0.2, 0.25) is 0 Å². The number of carbonyl (C=O) groups excluding carboxylic acids is 1. The first kappa shape index (κ1) is 17.0. The highest BCUT2D eigenvalue weighted by atomic mass is 16.1. The van der Waals surface area contributed by atoms with Crippen LogP contribution in [0.3, 0.4) is 0 Å². The van der Waals surface area contributed by atoms with Gasteiger partial charge in [0.05, 0.1) is 22.5 Å². The minimum atomic E-state index is -0.164. The van der Waals surface area contributed by atoms with Crippen molar-refractivity contribution in [1.29, 1.82) is 0 Å². The molecule has 0 aliphatic heterocycles. The van der Waals surface area contributed by atoms with Gasteiger partial charge in [-0.3, -0.25) is 14.6 Å². The second-order valence-corrected chi connectivity index (χ2v) is 6.96. The number of aromatic amines is 1. The zero-order chi connectivity index (χ0) is 18.0. The van der Waals surface area contributed by atoms with Crippen molar-refractivity contribution in [1.82, 2.24) is 20.0 Å². The summed E-state index contributed by atoms with van der Waals surface area (Å²) in [6.07, 6.45) is 4.24. The Morgan fingerprint density at radius 3 is 2.72 bits per heavy atom. The normalized spacial score (nSPS) is 11.5. The van der Waals surface area contributed by atoms with Crippen molar-refractivity contribution >= 4 is 11.6 Å². The molecule has 0 saturated carbocycles. The molecule has 2 heterocycles. The van der Waals surface area contributed by atoms with Crippen LogP contribution >= 0.6 is 0 Å². The van der Waals surface area contributed by atoms with Gasteiger partial charge in [-0.1, -0.05) is 19.1 Å². The molecule has 0 spiro atoms. The molecule has 0 bridgehead atoms. The van der Waals surface area contributed by atoms with E-state index in [0.717, 1.165) is 22.6 Å². The minimum Gasteiger partial charge on any atom is -0.322 e. The van der Waals surface area contributed by atoms with Crippen LogP contribution in [0.5, 0.6) is 0 Å². The van der Waals surface area contributed by atoms with Crippen LogP contribution in [0, 0.1) is 0 Å². The van der Waals surface area contributed by atoms with Gasteiger partial charge < -0.3 is 5.32 Å². The van der Waals surface area contributed by atoms with Gasteiger partial charge in [-0.2, -0.15) is 10.2 Å². The van der Waals surface area contributed by atoms with Crippen molar-refractivity contribution in [3.63, 3.8) is 0 Å². The van der Waals surface area contributed by atoms with Crippen LogP contribution in [0.15, 0.2) is 42.7 Å². The van der Waals surface area contributed by atoms with Crippen molar-refractivity contribution in [3.05, 3.63) is 54.0 Å². The van der Waals surface area contributed by atoms with E-state index >= 15 is 0 Å². The van der Waals surface area contributed by atoms with E-state index in [1.54, 1.807) is 6.20 Å². The third-order valence-corrected chi connectivity index (χ3v) is 3.99. The zero-order valence-electron chi connectivity index (χ0n) is 15.0. The van der Waals surface area contributed by atoms with E-state index in [1.807, 2.05) is 48.1 Å². The van der Waals surface area contributed by atoms with Gasteiger partial charge >= 0.3 is 0 Å². The van der Waals surface area contributed by atoms with E-state index in [2.05, 4.69) is 41.4 Å². The van der Waals surface area contributed by atoms with Crippen LogP contribution in [0.2, 0.25) is 0 Å². The average molecular weight is 337 g/mol. The predicted octanol–water partition coefficient (Wildman–Crippen LogP) is 3.84. The van der Waals surface area contributed by atoms with Crippen LogP contribution in [0.4, 0.5) is 5.69 Å². The summed E-state index contributed by atoms with van der Waals surface area (Å²) in [5.74, 6) is -0.144. The molecule has 0 saturated heterocycles. The van der Waals surface area contributed by atoms with Gasteiger partial charge in [-0.15, -0.1) is 0 Å². The highest BCUT2D eigenvalue weighted by Crippen LogP contribution is 2.22. The number of benzene rings is 1. The number of nitrogens with one attached hydrogen (secondary N) is 2. The van der Waals surface area contributed by atoms with Gasteiger partial charge in [-0.25, -0.2) is 0 Å². The molecule has 2 N–H and O–H groups in total. The second-order valence-electron chi connectivity index (χ2n) is 6.96. The molecule has 0 atom stereocenters. The van der Waals surface area contributed by atoms with Gasteiger partial charge in [0.25, 0.3) is 5.91 Å². The van der Waals surface area contributed by atoms with Gasteiger partial charge in [0.1, 0.15) is 0 Å². The standard InChI is InChI=1S/C19H23N5O/c1-5-16-15(12-24(23-16)19(2,3)4)18(25)21-14-8-6-7-13(11-14)17-9-10-20-22-17/h6-12H,5H2,1-4H3,(H,20,22)(H,21,25). The smallest absolute Gasteiger partial charge is 0.259 e. The van der Waals surface area contributed by atoms with E-state index in [9.17, 15) is 4.79 Å². The molecule has 3 rings (SSSR count). The van der Waals surface area contributed by atoms with Crippen molar-refractivity contribution in [2.45, 2.75) is 39.7 Å². The SMILES string of the molecule is CCc1nn(C(C)(C)C)cc1C(=O)Nc1cccc(-c2ccn[nH]2)c1. The molecular formula is C19H23N5O. The minimum absolute atomic E-state index is 0.144. The molecule has 3 aromatic rings. The van der Waals surface area contributed by atoms with Crippen LogP contribution in [-0.2, 0) is 12.0 Å². The zero-order valence-corrected chi connectivity index (χ0v) is 15.0. The molecule has 2 aromatic heterocycles. The van der Waals surface area contributed by atoms with Gasteiger partial charge in [0, 0.05) is 23.6 Å².